The number of carbonyl (C=O) groups is 2. The van der Waals surface area contributed by atoms with Gasteiger partial charge >= 0.3 is 0 Å². The minimum atomic E-state index is -0.263. The molecule has 6 nitrogen and oxygen atoms in total. The third-order valence-electron chi connectivity index (χ3n) is 4.06. The molecule has 0 radical (unpaired) electrons. The third kappa shape index (κ3) is 3.06. The lowest BCUT2D eigenvalue weighted by Crippen LogP contribution is -2.59. The van der Waals surface area contributed by atoms with Gasteiger partial charge in [-0.25, -0.2) is 0 Å². The minimum absolute atomic E-state index is 0.0359. The fourth-order valence-electron chi connectivity index (χ4n) is 2.75. The fraction of sp³-hybridized carbons (Fsp3) is 0.846. The van der Waals surface area contributed by atoms with Gasteiger partial charge < -0.3 is 15.0 Å². The van der Waals surface area contributed by atoms with E-state index in [1.54, 1.807) is 0 Å². The molecule has 2 aliphatic heterocycles. The summed E-state index contributed by atoms with van der Waals surface area (Å²) in [6, 6.07) is 0.146. The van der Waals surface area contributed by atoms with Gasteiger partial charge in [0.05, 0.1) is 13.2 Å². The van der Waals surface area contributed by atoms with Crippen LogP contribution in [-0.2, 0) is 14.3 Å². The average molecular weight is 267 g/mol. The highest BCUT2D eigenvalue weighted by molar-refractivity contribution is 5.87. The molecule has 2 amide bonds. The molecule has 0 bridgehead atoms. The Morgan fingerprint density at radius 1 is 1.37 bits per heavy atom. The second kappa shape index (κ2) is 5.46. The van der Waals surface area contributed by atoms with Crippen molar-refractivity contribution in [3.63, 3.8) is 0 Å². The number of amides is 2. The summed E-state index contributed by atoms with van der Waals surface area (Å²) in [5, 5.41) is 5.77. The Kier molecular flexibility index (Phi) is 3.70. The van der Waals surface area contributed by atoms with Crippen LogP contribution in [0.4, 0.5) is 0 Å². The zero-order valence-electron chi connectivity index (χ0n) is 11.1. The summed E-state index contributed by atoms with van der Waals surface area (Å²) in [7, 11) is 0. The van der Waals surface area contributed by atoms with Crippen LogP contribution in [-0.4, -0.2) is 61.6 Å². The normalized spacial score (nSPS) is 31.1. The van der Waals surface area contributed by atoms with Crippen molar-refractivity contribution in [2.45, 2.75) is 31.3 Å². The topological polar surface area (TPSA) is 70.7 Å². The highest BCUT2D eigenvalue weighted by Crippen LogP contribution is 2.29. The molecule has 2 N–H and O–H groups in total. The Labute approximate surface area is 112 Å². The van der Waals surface area contributed by atoms with Crippen LogP contribution in [0.25, 0.3) is 0 Å². The molecule has 2 atom stereocenters. The largest absolute Gasteiger partial charge is 0.381 e. The second-order valence-electron chi connectivity index (χ2n) is 5.69. The molecule has 106 valence electrons. The van der Waals surface area contributed by atoms with Gasteiger partial charge in [-0.05, 0) is 19.3 Å². The standard InChI is InChI=1S/C13H21N3O3/c17-12-6-14-11(5-15-12)13(18)16(10-1-2-10)7-9-3-4-19-8-9/h9-11,14H,1-8H2,(H,15,17). The first-order valence-corrected chi connectivity index (χ1v) is 7.12. The molecule has 2 saturated heterocycles. The van der Waals surface area contributed by atoms with E-state index in [0.717, 1.165) is 39.0 Å². The van der Waals surface area contributed by atoms with Crippen molar-refractivity contribution in [1.82, 2.24) is 15.5 Å². The maximum Gasteiger partial charge on any atom is 0.241 e. The Hall–Kier alpha value is -1.14. The molecule has 0 aromatic rings. The first-order valence-electron chi connectivity index (χ1n) is 7.12. The van der Waals surface area contributed by atoms with Crippen molar-refractivity contribution in [1.29, 1.82) is 0 Å². The van der Waals surface area contributed by atoms with Gasteiger partial charge in [0.1, 0.15) is 6.04 Å². The molecular weight excluding hydrogens is 246 g/mol. The number of carbonyl (C=O) groups excluding carboxylic acids is 2. The predicted molar refractivity (Wildman–Crippen MR) is 68.5 cm³/mol. The van der Waals surface area contributed by atoms with Crippen molar-refractivity contribution in [3.05, 3.63) is 0 Å². The Morgan fingerprint density at radius 2 is 2.21 bits per heavy atom. The summed E-state index contributed by atoms with van der Waals surface area (Å²) in [6.07, 6.45) is 3.27. The van der Waals surface area contributed by atoms with Crippen LogP contribution in [0.15, 0.2) is 0 Å². The van der Waals surface area contributed by atoms with E-state index in [0.29, 0.717) is 18.5 Å². The van der Waals surface area contributed by atoms with Crippen molar-refractivity contribution >= 4 is 11.8 Å². The van der Waals surface area contributed by atoms with Crippen LogP contribution in [0.5, 0.6) is 0 Å². The molecule has 3 fully saturated rings. The average Bonchev–Trinajstić information content (AvgIpc) is 3.13. The van der Waals surface area contributed by atoms with E-state index in [4.69, 9.17) is 4.74 Å². The number of hydrogen-bond acceptors (Lipinski definition) is 4. The molecule has 0 aromatic heterocycles. The predicted octanol–water partition coefficient (Wildman–Crippen LogP) is -0.898. The Bertz CT molecular complexity index is 354. The van der Waals surface area contributed by atoms with Gasteiger partial charge in [-0.1, -0.05) is 0 Å². The zero-order chi connectivity index (χ0) is 13.2. The molecule has 1 aliphatic carbocycles. The van der Waals surface area contributed by atoms with Crippen LogP contribution in [0.3, 0.4) is 0 Å². The summed E-state index contributed by atoms with van der Waals surface area (Å²) < 4.78 is 5.39. The Balaban J connectivity index is 1.59. The number of rotatable bonds is 4. The van der Waals surface area contributed by atoms with Crippen molar-refractivity contribution in [2.75, 3.05) is 32.8 Å². The lowest BCUT2D eigenvalue weighted by molar-refractivity contribution is -0.136. The summed E-state index contributed by atoms with van der Waals surface area (Å²) in [5.41, 5.74) is 0. The van der Waals surface area contributed by atoms with E-state index in [2.05, 4.69) is 10.6 Å². The summed E-state index contributed by atoms with van der Waals surface area (Å²) in [6.45, 7) is 3.03. The summed E-state index contributed by atoms with van der Waals surface area (Å²) in [4.78, 5) is 25.7. The van der Waals surface area contributed by atoms with E-state index in [-0.39, 0.29) is 24.4 Å². The molecule has 0 aromatic carbocycles. The van der Waals surface area contributed by atoms with Gasteiger partial charge in [0.15, 0.2) is 0 Å². The van der Waals surface area contributed by atoms with E-state index in [1.807, 2.05) is 4.90 Å². The van der Waals surface area contributed by atoms with E-state index in [1.165, 1.54) is 0 Å². The molecule has 1 saturated carbocycles. The van der Waals surface area contributed by atoms with Gasteiger partial charge in [0.25, 0.3) is 0 Å². The molecule has 3 aliphatic rings. The molecule has 0 spiro atoms. The van der Waals surface area contributed by atoms with Gasteiger partial charge in [-0.15, -0.1) is 0 Å². The van der Waals surface area contributed by atoms with Crippen molar-refractivity contribution < 1.29 is 14.3 Å². The molecule has 6 heteroatoms. The lowest BCUT2D eigenvalue weighted by Gasteiger charge is -2.31. The van der Waals surface area contributed by atoms with Gasteiger partial charge in [0, 0.05) is 31.7 Å². The smallest absolute Gasteiger partial charge is 0.241 e. The van der Waals surface area contributed by atoms with E-state index in [9.17, 15) is 9.59 Å². The van der Waals surface area contributed by atoms with Crippen molar-refractivity contribution in [2.24, 2.45) is 5.92 Å². The minimum Gasteiger partial charge on any atom is -0.381 e. The fourth-order valence-corrected chi connectivity index (χ4v) is 2.75. The number of ether oxygens (including phenoxy) is 1. The first kappa shape index (κ1) is 12.9. The van der Waals surface area contributed by atoms with E-state index >= 15 is 0 Å². The maximum atomic E-state index is 12.5. The third-order valence-corrected chi connectivity index (χ3v) is 4.06. The molecule has 3 rings (SSSR count). The van der Waals surface area contributed by atoms with Crippen LogP contribution < -0.4 is 10.6 Å². The van der Waals surface area contributed by atoms with Gasteiger partial charge in [0.2, 0.25) is 11.8 Å². The summed E-state index contributed by atoms with van der Waals surface area (Å²) in [5.74, 6) is 0.573. The summed E-state index contributed by atoms with van der Waals surface area (Å²) >= 11 is 0. The SMILES string of the molecule is O=C1CNC(C(=O)N(CC2CCOC2)C2CC2)CN1. The van der Waals surface area contributed by atoms with Crippen LogP contribution in [0.1, 0.15) is 19.3 Å². The van der Waals surface area contributed by atoms with Gasteiger partial charge in [-0.3, -0.25) is 14.9 Å². The highest BCUT2D eigenvalue weighted by atomic mass is 16.5. The molecule has 2 unspecified atom stereocenters. The molecule has 2 heterocycles. The number of nitrogens with one attached hydrogen (secondary N) is 2. The first-order chi connectivity index (χ1) is 9.24. The molecular formula is C13H21N3O3. The highest BCUT2D eigenvalue weighted by Gasteiger charge is 2.38. The lowest BCUT2D eigenvalue weighted by atomic mass is 10.1. The Morgan fingerprint density at radius 3 is 2.79 bits per heavy atom. The quantitative estimate of drug-likeness (QED) is 0.693. The monoisotopic (exact) mass is 267 g/mol. The number of piperazine rings is 1. The van der Waals surface area contributed by atoms with E-state index < -0.39 is 0 Å². The van der Waals surface area contributed by atoms with Crippen LogP contribution in [0.2, 0.25) is 0 Å². The van der Waals surface area contributed by atoms with Crippen molar-refractivity contribution in [3.8, 4) is 0 Å². The van der Waals surface area contributed by atoms with Crippen LogP contribution in [0, 0.1) is 5.92 Å². The maximum absolute atomic E-state index is 12.5. The van der Waals surface area contributed by atoms with Gasteiger partial charge in [-0.2, -0.15) is 0 Å². The zero-order valence-corrected chi connectivity index (χ0v) is 11.1. The van der Waals surface area contributed by atoms with Crippen LogP contribution >= 0.6 is 0 Å². The molecule has 19 heavy (non-hydrogen) atoms. The number of nitrogens with zero attached hydrogens (tertiary/aromatic N) is 1. The second-order valence-corrected chi connectivity index (χ2v) is 5.69. The number of hydrogen-bond donors (Lipinski definition) is 2.